The molecule has 0 amide bonds. The SMILES string of the molecule is COC(=O)C[C@@H](O)C[C@@H](C)O. The maximum Gasteiger partial charge on any atom is 0.308 e. The van der Waals surface area contributed by atoms with Crippen molar-refractivity contribution in [1.29, 1.82) is 0 Å². The Hall–Kier alpha value is -0.610. The molecule has 0 aliphatic carbocycles. The number of aliphatic hydroxyl groups is 2. The molecular formula is C7H14O4. The fourth-order valence-electron chi connectivity index (χ4n) is 0.753. The van der Waals surface area contributed by atoms with Crippen LogP contribution in [0.5, 0.6) is 0 Å². The van der Waals surface area contributed by atoms with Gasteiger partial charge in [-0.3, -0.25) is 4.79 Å². The molecular weight excluding hydrogens is 148 g/mol. The van der Waals surface area contributed by atoms with E-state index in [0.717, 1.165) is 0 Å². The summed E-state index contributed by atoms with van der Waals surface area (Å²) in [5.41, 5.74) is 0. The predicted molar refractivity (Wildman–Crippen MR) is 38.9 cm³/mol. The number of carbonyl (C=O) groups excluding carboxylic acids is 1. The van der Waals surface area contributed by atoms with Gasteiger partial charge in [-0.15, -0.1) is 0 Å². The van der Waals surface area contributed by atoms with Gasteiger partial charge in [0.2, 0.25) is 0 Å². The highest BCUT2D eigenvalue weighted by molar-refractivity contribution is 5.69. The summed E-state index contributed by atoms with van der Waals surface area (Å²) in [5.74, 6) is -0.460. The fourth-order valence-corrected chi connectivity index (χ4v) is 0.753. The van der Waals surface area contributed by atoms with Gasteiger partial charge in [0.15, 0.2) is 0 Å². The maximum atomic E-state index is 10.5. The Balaban J connectivity index is 3.51. The summed E-state index contributed by atoms with van der Waals surface area (Å²) in [4.78, 5) is 10.5. The first-order valence-electron chi connectivity index (χ1n) is 3.49. The molecule has 0 unspecified atom stereocenters. The van der Waals surface area contributed by atoms with Crippen LogP contribution in [0.15, 0.2) is 0 Å². The number of carbonyl (C=O) groups is 1. The van der Waals surface area contributed by atoms with E-state index in [1.54, 1.807) is 6.92 Å². The predicted octanol–water partition coefficient (Wildman–Crippen LogP) is -0.319. The Bertz CT molecular complexity index is 122. The molecule has 0 aromatic rings. The molecule has 0 aliphatic rings. The monoisotopic (exact) mass is 162 g/mol. The molecule has 11 heavy (non-hydrogen) atoms. The van der Waals surface area contributed by atoms with Crippen LogP contribution in [-0.4, -0.2) is 35.5 Å². The van der Waals surface area contributed by atoms with Crippen molar-refractivity contribution < 1.29 is 19.7 Å². The molecule has 0 saturated carbocycles. The Kier molecular flexibility index (Phi) is 4.81. The lowest BCUT2D eigenvalue weighted by atomic mass is 10.1. The highest BCUT2D eigenvalue weighted by Crippen LogP contribution is 2.02. The summed E-state index contributed by atoms with van der Waals surface area (Å²) < 4.78 is 4.32. The van der Waals surface area contributed by atoms with Gasteiger partial charge in [0, 0.05) is 0 Å². The molecule has 0 bridgehead atoms. The Labute approximate surface area is 65.8 Å². The zero-order chi connectivity index (χ0) is 8.85. The minimum atomic E-state index is -0.803. The van der Waals surface area contributed by atoms with Gasteiger partial charge in [0.25, 0.3) is 0 Å². The summed E-state index contributed by atoms with van der Waals surface area (Å²) in [6, 6.07) is 0. The lowest BCUT2D eigenvalue weighted by Crippen LogP contribution is -2.19. The Morgan fingerprint density at radius 3 is 2.45 bits per heavy atom. The molecule has 0 fully saturated rings. The van der Waals surface area contributed by atoms with Crippen molar-refractivity contribution in [2.45, 2.75) is 32.0 Å². The standard InChI is InChI=1S/C7H14O4/c1-5(8)3-6(9)4-7(10)11-2/h5-6,8-9H,3-4H2,1-2H3/t5-,6+/m1/s1. The van der Waals surface area contributed by atoms with Gasteiger partial charge in [-0.1, -0.05) is 0 Å². The molecule has 0 aliphatic heterocycles. The van der Waals surface area contributed by atoms with Crippen molar-refractivity contribution in [3.63, 3.8) is 0 Å². The third-order valence-electron chi connectivity index (χ3n) is 1.24. The van der Waals surface area contributed by atoms with Crippen LogP contribution in [0, 0.1) is 0 Å². The summed E-state index contributed by atoms with van der Waals surface area (Å²) >= 11 is 0. The summed E-state index contributed by atoms with van der Waals surface area (Å²) in [5, 5.41) is 17.9. The maximum absolute atomic E-state index is 10.5. The van der Waals surface area contributed by atoms with Gasteiger partial charge in [-0.25, -0.2) is 0 Å². The molecule has 0 saturated heterocycles. The van der Waals surface area contributed by atoms with Crippen molar-refractivity contribution in [2.24, 2.45) is 0 Å². The first-order chi connectivity index (χ1) is 5.06. The van der Waals surface area contributed by atoms with E-state index in [-0.39, 0.29) is 12.8 Å². The van der Waals surface area contributed by atoms with E-state index in [1.165, 1.54) is 7.11 Å². The second-order valence-corrected chi connectivity index (χ2v) is 2.52. The fraction of sp³-hybridized carbons (Fsp3) is 0.857. The zero-order valence-corrected chi connectivity index (χ0v) is 6.78. The van der Waals surface area contributed by atoms with Gasteiger partial charge in [-0.2, -0.15) is 0 Å². The van der Waals surface area contributed by atoms with Crippen LogP contribution >= 0.6 is 0 Å². The van der Waals surface area contributed by atoms with Crippen molar-refractivity contribution in [3.05, 3.63) is 0 Å². The minimum Gasteiger partial charge on any atom is -0.469 e. The third-order valence-corrected chi connectivity index (χ3v) is 1.24. The minimum absolute atomic E-state index is 0.0542. The highest BCUT2D eigenvalue weighted by Gasteiger charge is 2.12. The first kappa shape index (κ1) is 10.4. The van der Waals surface area contributed by atoms with Crippen LogP contribution in [0.1, 0.15) is 19.8 Å². The quantitative estimate of drug-likeness (QED) is 0.556. The largest absolute Gasteiger partial charge is 0.469 e. The average molecular weight is 162 g/mol. The Morgan fingerprint density at radius 2 is 2.09 bits per heavy atom. The van der Waals surface area contributed by atoms with E-state index in [0.29, 0.717) is 0 Å². The van der Waals surface area contributed by atoms with Crippen molar-refractivity contribution >= 4 is 5.97 Å². The van der Waals surface area contributed by atoms with E-state index in [2.05, 4.69) is 4.74 Å². The van der Waals surface area contributed by atoms with Crippen molar-refractivity contribution in [1.82, 2.24) is 0 Å². The van der Waals surface area contributed by atoms with E-state index >= 15 is 0 Å². The number of rotatable bonds is 4. The van der Waals surface area contributed by atoms with E-state index in [1.807, 2.05) is 0 Å². The van der Waals surface area contributed by atoms with Crippen LogP contribution in [-0.2, 0) is 9.53 Å². The molecule has 0 radical (unpaired) electrons. The molecule has 2 N–H and O–H groups in total. The van der Waals surface area contributed by atoms with Gasteiger partial charge >= 0.3 is 5.97 Å². The lowest BCUT2D eigenvalue weighted by Gasteiger charge is -2.10. The number of esters is 1. The smallest absolute Gasteiger partial charge is 0.308 e. The lowest BCUT2D eigenvalue weighted by molar-refractivity contribution is -0.143. The summed E-state index contributed by atoms with van der Waals surface area (Å²) in [7, 11) is 1.26. The molecule has 2 atom stereocenters. The van der Waals surface area contributed by atoms with Crippen LogP contribution in [0.3, 0.4) is 0 Å². The van der Waals surface area contributed by atoms with Crippen LogP contribution in [0.4, 0.5) is 0 Å². The molecule has 0 heterocycles. The molecule has 4 nitrogen and oxygen atoms in total. The van der Waals surface area contributed by atoms with Crippen LogP contribution in [0.25, 0.3) is 0 Å². The zero-order valence-electron chi connectivity index (χ0n) is 6.78. The van der Waals surface area contributed by atoms with Gasteiger partial charge in [-0.05, 0) is 13.3 Å². The number of aliphatic hydroxyl groups excluding tert-OH is 2. The third kappa shape index (κ3) is 5.82. The number of hydrogen-bond acceptors (Lipinski definition) is 4. The van der Waals surface area contributed by atoms with Crippen LogP contribution in [0.2, 0.25) is 0 Å². The first-order valence-corrected chi connectivity index (χ1v) is 3.49. The molecule has 66 valence electrons. The average Bonchev–Trinajstić information content (AvgIpc) is 1.85. The second-order valence-electron chi connectivity index (χ2n) is 2.52. The van der Waals surface area contributed by atoms with Crippen molar-refractivity contribution in [3.8, 4) is 0 Å². The summed E-state index contributed by atoms with van der Waals surface area (Å²) in [6.45, 7) is 1.56. The van der Waals surface area contributed by atoms with Gasteiger partial charge in [0.1, 0.15) is 0 Å². The molecule has 0 rings (SSSR count). The number of ether oxygens (including phenoxy) is 1. The van der Waals surface area contributed by atoms with E-state index in [9.17, 15) is 4.79 Å². The van der Waals surface area contributed by atoms with E-state index < -0.39 is 18.2 Å². The number of hydrogen-bond donors (Lipinski definition) is 2. The van der Waals surface area contributed by atoms with Gasteiger partial charge in [0.05, 0.1) is 25.7 Å². The van der Waals surface area contributed by atoms with Crippen molar-refractivity contribution in [2.75, 3.05) is 7.11 Å². The van der Waals surface area contributed by atoms with Gasteiger partial charge < -0.3 is 14.9 Å². The normalized spacial score (nSPS) is 15.6. The molecule has 0 aromatic carbocycles. The van der Waals surface area contributed by atoms with E-state index in [4.69, 9.17) is 10.2 Å². The Morgan fingerprint density at radius 1 is 1.55 bits per heavy atom. The summed E-state index contributed by atoms with van der Waals surface area (Å²) in [6.07, 6.45) is -1.24. The highest BCUT2D eigenvalue weighted by atomic mass is 16.5. The number of methoxy groups -OCH3 is 1. The molecule has 0 spiro atoms. The molecule has 0 aromatic heterocycles. The van der Waals surface area contributed by atoms with Crippen LogP contribution < -0.4 is 0 Å². The second kappa shape index (κ2) is 5.09. The molecule has 4 heteroatoms. The topological polar surface area (TPSA) is 66.8 Å².